The van der Waals surface area contributed by atoms with Gasteiger partial charge in [-0.1, -0.05) is 6.42 Å². The second-order valence-electron chi connectivity index (χ2n) is 3.76. The van der Waals surface area contributed by atoms with Gasteiger partial charge in [0.2, 0.25) is 0 Å². The van der Waals surface area contributed by atoms with E-state index in [1.54, 1.807) is 0 Å². The van der Waals surface area contributed by atoms with Crippen molar-refractivity contribution in [1.29, 1.82) is 0 Å². The molecule has 2 rings (SSSR count). The van der Waals surface area contributed by atoms with Crippen molar-refractivity contribution in [1.82, 2.24) is 5.32 Å². The largest absolute Gasteiger partial charge is 0.377 e. The van der Waals surface area contributed by atoms with E-state index in [1.165, 1.54) is 6.42 Å². The number of fused-ring (bicyclic) bond motifs is 1. The van der Waals surface area contributed by atoms with Crippen LogP contribution < -0.4 is 5.32 Å². The van der Waals surface area contributed by atoms with Gasteiger partial charge in [-0.25, -0.2) is 0 Å². The Labute approximate surface area is 83.2 Å². The molecule has 74 valence electrons. The quantitative estimate of drug-likeness (QED) is 0.749. The molecular weight excluding hydrogens is 244 g/mol. The molecule has 0 bridgehead atoms. The molecule has 0 heterocycles. The normalized spacial score (nSPS) is 37.0. The van der Waals surface area contributed by atoms with Crippen LogP contribution in [-0.4, -0.2) is 16.8 Å². The average molecular weight is 254 g/mol. The number of halogens is 3. The van der Waals surface area contributed by atoms with Gasteiger partial charge in [0.15, 0.2) is 0 Å². The summed E-state index contributed by atoms with van der Waals surface area (Å²) in [5, 5.41) is 2.36. The first-order chi connectivity index (χ1) is 6.00. The molecule has 2 nitrogen and oxygen atoms in total. The number of rotatable bonds is 2. The first-order valence-electron chi connectivity index (χ1n) is 4.38. The van der Waals surface area contributed by atoms with Gasteiger partial charge in [-0.2, -0.15) is 8.78 Å². The van der Waals surface area contributed by atoms with Gasteiger partial charge < -0.3 is 5.32 Å². The van der Waals surface area contributed by atoms with Gasteiger partial charge in [-0.15, -0.1) is 0 Å². The molecule has 0 radical (unpaired) electrons. The number of hydrogen-bond acceptors (Lipinski definition) is 1. The third kappa shape index (κ3) is 1.71. The smallest absolute Gasteiger partial charge is 0.347 e. The minimum atomic E-state index is -3.41. The van der Waals surface area contributed by atoms with Gasteiger partial charge in [0, 0.05) is 22.0 Å². The maximum atomic E-state index is 12.4. The number of alkyl halides is 3. The van der Waals surface area contributed by atoms with E-state index in [0.717, 1.165) is 12.8 Å². The zero-order chi connectivity index (χ0) is 9.64. The third-order valence-corrected chi connectivity index (χ3v) is 3.32. The van der Waals surface area contributed by atoms with Gasteiger partial charge in [0.05, 0.1) is 0 Å². The van der Waals surface area contributed by atoms with Crippen molar-refractivity contribution in [2.45, 2.75) is 30.1 Å². The van der Waals surface area contributed by atoms with E-state index in [9.17, 15) is 13.6 Å². The predicted molar refractivity (Wildman–Crippen MR) is 46.6 cm³/mol. The summed E-state index contributed by atoms with van der Waals surface area (Å²) < 4.78 is 24.8. The molecule has 0 aliphatic heterocycles. The monoisotopic (exact) mass is 253 g/mol. The summed E-state index contributed by atoms with van der Waals surface area (Å²) in [6.45, 7) is 0. The van der Waals surface area contributed by atoms with Gasteiger partial charge in [0.1, 0.15) is 0 Å². The van der Waals surface area contributed by atoms with Gasteiger partial charge in [-0.3, -0.25) is 4.79 Å². The van der Waals surface area contributed by atoms with E-state index < -0.39 is 10.7 Å². The number of hydrogen-bond donors (Lipinski definition) is 1. The third-order valence-electron chi connectivity index (χ3n) is 2.96. The molecule has 0 saturated heterocycles. The molecule has 13 heavy (non-hydrogen) atoms. The van der Waals surface area contributed by atoms with E-state index in [0.29, 0.717) is 11.8 Å². The van der Waals surface area contributed by atoms with Crippen molar-refractivity contribution in [2.75, 3.05) is 0 Å². The molecule has 1 N–H and O–H groups in total. The lowest BCUT2D eigenvalue weighted by Crippen LogP contribution is -2.38. The number of amides is 1. The molecular formula is C8H10BrF2NO. The molecule has 0 aromatic carbocycles. The Hall–Kier alpha value is -0.190. The van der Waals surface area contributed by atoms with Crippen LogP contribution in [0.2, 0.25) is 0 Å². The summed E-state index contributed by atoms with van der Waals surface area (Å²) in [6.07, 6.45) is 3.32. The van der Waals surface area contributed by atoms with Crippen molar-refractivity contribution >= 4 is 21.8 Å². The Morgan fingerprint density at radius 2 is 1.92 bits per heavy atom. The van der Waals surface area contributed by atoms with E-state index in [1.807, 2.05) is 15.9 Å². The summed E-state index contributed by atoms with van der Waals surface area (Å²) in [7, 11) is 0. The lowest BCUT2D eigenvalue weighted by Gasteiger charge is -2.10. The molecule has 2 unspecified atom stereocenters. The van der Waals surface area contributed by atoms with Gasteiger partial charge in [0.25, 0.3) is 0 Å². The SMILES string of the molecule is O=C(NC1C2CCCC21)C(F)(F)Br. The fourth-order valence-electron chi connectivity index (χ4n) is 2.27. The second kappa shape index (κ2) is 2.90. The highest BCUT2D eigenvalue weighted by molar-refractivity contribution is 9.10. The molecule has 5 heteroatoms. The Bertz CT molecular complexity index is 231. The van der Waals surface area contributed by atoms with Gasteiger partial charge in [-0.05, 0) is 24.7 Å². The molecule has 1 amide bonds. The first-order valence-corrected chi connectivity index (χ1v) is 5.17. The van der Waals surface area contributed by atoms with E-state index in [-0.39, 0.29) is 6.04 Å². The summed E-state index contributed by atoms with van der Waals surface area (Å²) >= 11 is 2.03. The summed E-state index contributed by atoms with van der Waals surface area (Å²) in [5.74, 6) is -0.260. The molecule has 2 aliphatic carbocycles. The van der Waals surface area contributed by atoms with Crippen molar-refractivity contribution in [2.24, 2.45) is 11.8 Å². The molecule has 2 fully saturated rings. The second-order valence-corrected chi connectivity index (χ2v) is 4.75. The highest BCUT2D eigenvalue weighted by Gasteiger charge is 2.54. The summed E-state index contributed by atoms with van der Waals surface area (Å²) in [6, 6.07) is 0.0182. The highest BCUT2D eigenvalue weighted by atomic mass is 79.9. The zero-order valence-corrected chi connectivity index (χ0v) is 8.48. The van der Waals surface area contributed by atoms with E-state index in [2.05, 4.69) is 5.32 Å². The van der Waals surface area contributed by atoms with Crippen molar-refractivity contribution in [3.8, 4) is 0 Å². The summed E-state index contributed by atoms with van der Waals surface area (Å²) in [5.41, 5.74) is 0. The number of carbonyl (C=O) groups excluding carboxylic acids is 1. The molecule has 2 aliphatic rings. The topological polar surface area (TPSA) is 29.1 Å². The van der Waals surface area contributed by atoms with Crippen LogP contribution in [0.15, 0.2) is 0 Å². The molecule has 2 saturated carbocycles. The van der Waals surface area contributed by atoms with Gasteiger partial charge >= 0.3 is 10.7 Å². The highest BCUT2D eigenvalue weighted by Crippen LogP contribution is 2.52. The van der Waals surface area contributed by atoms with Crippen LogP contribution in [-0.2, 0) is 4.79 Å². The fraction of sp³-hybridized carbons (Fsp3) is 0.875. The Balaban J connectivity index is 1.84. The molecule has 0 aromatic heterocycles. The van der Waals surface area contributed by atoms with E-state index >= 15 is 0 Å². The van der Waals surface area contributed by atoms with E-state index in [4.69, 9.17) is 0 Å². The Morgan fingerprint density at radius 1 is 1.38 bits per heavy atom. The maximum absolute atomic E-state index is 12.4. The summed E-state index contributed by atoms with van der Waals surface area (Å²) in [4.78, 5) is 7.43. The lowest BCUT2D eigenvalue weighted by atomic mass is 10.2. The standard InChI is InChI=1S/C8H10BrF2NO/c9-8(10,11)7(13)12-6-4-2-1-3-5(4)6/h4-6H,1-3H2,(H,12,13). The van der Waals surface area contributed by atoms with Crippen LogP contribution in [0.1, 0.15) is 19.3 Å². The fourth-order valence-corrected chi connectivity index (χ4v) is 2.38. The molecule has 0 spiro atoms. The average Bonchev–Trinajstić information content (AvgIpc) is 2.47. The van der Waals surface area contributed by atoms with Crippen LogP contribution >= 0.6 is 15.9 Å². The Kier molecular flexibility index (Phi) is 2.09. The zero-order valence-electron chi connectivity index (χ0n) is 6.90. The van der Waals surface area contributed by atoms with Crippen LogP contribution in [0.5, 0.6) is 0 Å². The Morgan fingerprint density at radius 3 is 2.38 bits per heavy atom. The number of carbonyl (C=O) groups is 1. The molecule has 2 atom stereocenters. The van der Waals surface area contributed by atoms with Crippen LogP contribution in [0, 0.1) is 11.8 Å². The maximum Gasteiger partial charge on any atom is 0.377 e. The number of nitrogens with one attached hydrogen (secondary N) is 1. The van der Waals surface area contributed by atoms with Crippen molar-refractivity contribution < 1.29 is 13.6 Å². The van der Waals surface area contributed by atoms with Crippen LogP contribution in [0.25, 0.3) is 0 Å². The minimum Gasteiger partial charge on any atom is -0.347 e. The van der Waals surface area contributed by atoms with Crippen LogP contribution in [0.3, 0.4) is 0 Å². The van der Waals surface area contributed by atoms with Crippen molar-refractivity contribution in [3.63, 3.8) is 0 Å². The lowest BCUT2D eigenvalue weighted by molar-refractivity contribution is -0.134. The first kappa shape index (κ1) is 9.37. The van der Waals surface area contributed by atoms with Crippen LogP contribution in [0.4, 0.5) is 8.78 Å². The molecule has 0 aromatic rings. The minimum absolute atomic E-state index is 0.0182. The van der Waals surface area contributed by atoms with Crippen molar-refractivity contribution in [3.05, 3.63) is 0 Å². The predicted octanol–water partition coefficient (Wildman–Crippen LogP) is 1.89.